The number of nitrogens with zero attached hydrogens (tertiary/aromatic N) is 1. The molecular weight excluding hydrogens is 316 g/mol. The number of nitrogens with one attached hydrogen (secondary N) is 1. The van der Waals surface area contributed by atoms with Crippen molar-refractivity contribution in [2.24, 2.45) is 5.92 Å². The van der Waals surface area contributed by atoms with E-state index in [0.717, 1.165) is 44.5 Å². The van der Waals surface area contributed by atoms with E-state index in [2.05, 4.69) is 17.4 Å². The summed E-state index contributed by atoms with van der Waals surface area (Å²) >= 11 is 0. The number of carbonyl (C=O) groups excluding carboxylic acids is 1. The van der Waals surface area contributed by atoms with Crippen LogP contribution >= 0.6 is 0 Å². The van der Waals surface area contributed by atoms with Gasteiger partial charge in [-0.05, 0) is 51.0 Å². The first-order chi connectivity index (χ1) is 11.9. The fourth-order valence-electron chi connectivity index (χ4n) is 4.04. The van der Waals surface area contributed by atoms with Crippen LogP contribution in [-0.4, -0.2) is 47.4 Å². The van der Waals surface area contributed by atoms with E-state index >= 15 is 0 Å². The number of ether oxygens (including phenoxy) is 1. The minimum atomic E-state index is -0.880. The number of carbonyl (C=O) groups is 1. The van der Waals surface area contributed by atoms with E-state index in [1.807, 2.05) is 18.2 Å². The minimum Gasteiger partial charge on any atom is -0.388 e. The zero-order chi connectivity index (χ0) is 17.9. The van der Waals surface area contributed by atoms with Crippen molar-refractivity contribution in [2.75, 3.05) is 19.8 Å². The van der Waals surface area contributed by atoms with Crippen molar-refractivity contribution in [3.8, 4) is 0 Å². The van der Waals surface area contributed by atoms with E-state index < -0.39 is 5.60 Å². The second-order valence-corrected chi connectivity index (χ2v) is 7.88. The number of aliphatic hydroxyl groups is 1. The highest BCUT2D eigenvalue weighted by atomic mass is 16.5. The highest BCUT2D eigenvalue weighted by Gasteiger charge is 2.39. The first-order valence-electron chi connectivity index (χ1n) is 9.37. The monoisotopic (exact) mass is 346 g/mol. The number of hydrogen-bond acceptors (Lipinski definition) is 3. The topological polar surface area (TPSA) is 61.8 Å². The molecule has 2 N–H and O–H groups in total. The highest BCUT2D eigenvalue weighted by molar-refractivity contribution is 5.75. The Hall–Kier alpha value is -1.59. The highest BCUT2D eigenvalue weighted by Crippen LogP contribution is 2.30. The van der Waals surface area contributed by atoms with Crippen LogP contribution in [0.1, 0.15) is 51.1 Å². The first-order valence-corrected chi connectivity index (χ1v) is 9.37. The molecule has 0 radical (unpaired) electrons. The third-order valence-electron chi connectivity index (χ3n) is 5.42. The van der Waals surface area contributed by atoms with Crippen LogP contribution in [0.2, 0.25) is 0 Å². The standard InChI is InChI=1S/C20H30N2O3/c1-20(2,24)18-9-6-11-22(18)19(23)21-17(13-15-10-12-25-14-15)16-7-4-3-5-8-16/h3-5,7-8,15,17-18,24H,6,9-14H2,1-2H3,(H,21,23). The predicted molar refractivity (Wildman–Crippen MR) is 97.3 cm³/mol. The number of urea groups is 1. The zero-order valence-corrected chi connectivity index (χ0v) is 15.3. The lowest BCUT2D eigenvalue weighted by atomic mass is 9.94. The summed E-state index contributed by atoms with van der Waals surface area (Å²) in [4.78, 5) is 14.7. The number of hydrogen-bond donors (Lipinski definition) is 2. The summed E-state index contributed by atoms with van der Waals surface area (Å²) in [6, 6.07) is 9.92. The molecule has 0 bridgehead atoms. The van der Waals surface area contributed by atoms with Crippen molar-refractivity contribution in [2.45, 2.75) is 57.2 Å². The van der Waals surface area contributed by atoms with Gasteiger partial charge in [0, 0.05) is 19.8 Å². The summed E-state index contributed by atoms with van der Waals surface area (Å²) in [7, 11) is 0. The molecule has 1 aromatic carbocycles. The number of benzene rings is 1. The van der Waals surface area contributed by atoms with E-state index in [9.17, 15) is 9.90 Å². The molecule has 5 heteroatoms. The van der Waals surface area contributed by atoms with Crippen molar-refractivity contribution in [3.05, 3.63) is 35.9 Å². The van der Waals surface area contributed by atoms with Crippen LogP contribution in [0.5, 0.6) is 0 Å². The van der Waals surface area contributed by atoms with E-state index in [1.54, 1.807) is 18.7 Å². The maximum Gasteiger partial charge on any atom is 0.318 e. The maximum atomic E-state index is 12.9. The van der Waals surface area contributed by atoms with Gasteiger partial charge in [0.2, 0.25) is 0 Å². The molecule has 2 aliphatic heterocycles. The van der Waals surface area contributed by atoms with Crippen molar-refractivity contribution >= 4 is 6.03 Å². The second kappa shape index (κ2) is 7.75. The van der Waals surface area contributed by atoms with Crippen LogP contribution in [0.15, 0.2) is 30.3 Å². The SMILES string of the molecule is CC(C)(O)C1CCCN1C(=O)NC(CC1CCOC1)c1ccccc1. The van der Waals surface area contributed by atoms with Crippen LogP contribution in [0.4, 0.5) is 4.79 Å². The Kier molecular flexibility index (Phi) is 5.64. The van der Waals surface area contributed by atoms with Gasteiger partial charge in [0.15, 0.2) is 0 Å². The zero-order valence-electron chi connectivity index (χ0n) is 15.3. The summed E-state index contributed by atoms with van der Waals surface area (Å²) in [6.07, 6.45) is 3.73. The average Bonchev–Trinajstić information content (AvgIpc) is 3.26. The van der Waals surface area contributed by atoms with Crippen LogP contribution in [-0.2, 0) is 4.74 Å². The lowest BCUT2D eigenvalue weighted by Gasteiger charge is -2.35. The normalized spacial score (nSPS) is 25.2. The van der Waals surface area contributed by atoms with Crippen molar-refractivity contribution in [3.63, 3.8) is 0 Å². The number of amides is 2. The smallest absolute Gasteiger partial charge is 0.318 e. The van der Waals surface area contributed by atoms with E-state index in [0.29, 0.717) is 12.5 Å². The van der Waals surface area contributed by atoms with Gasteiger partial charge < -0.3 is 20.1 Å². The van der Waals surface area contributed by atoms with Crippen molar-refractivity contribution < 1.29 is 14.6 Å². The molecular formula is C20H30N2O3. The molecule has 1 aromatic rings. The fraction of sp³-hybridized carbons (Fsp3) is 0.650. The lowest BCUT2D eigenvalue weighted by molar-refractivity contribution is 0.00933. The van der Waals surface area contributed by atoms with Gasteiger partial charge in [0.1, 0.15) is 0 Å². The summed E-state index contributed by atoms with van der Waals surface area (Å²) in [5.41, 5.74) is 0.247. The molecule has 2 aliphatic rings. The molecule has 3 unspecified atom stereocenters. The molecule has 3 rings (SSSR count). The van der Waals surface area contributed by atoms with Gasteiger partial charge in [0.05, 0.1) is 17.7 Å². The van der Waals surface area contributed by atoms with E-state index in [4.69, 9.17) is 4.74 Å². The van der Waals surface area contributed by atoms with Crippen LogP contribution in [0.25, 0.3) is 0 Å². The third kappa shape index (κ3) is 4.53. The minimum absolute atomic E-state index is 0.0246. The Labute approximate surface area is 150 Å². The fourth-order valence-corrected chi connectivity index (χ4v) is 4.04. The molecule has 2 saturated heterocycles. The molecule has 2 heterocycles. The Morgan fingerprint density at radius 1 is 1.36 bits per heavy atom. The molecule has 3 atom stereocenters. The Morgan fingerprint density at radius 3 is 2.76 bits per heavy atom. The second-order valence-electron chi connectivity index (χ2n) is 7.88. The average molecular weight is 346 g/mol. The van der Waals surface area contributed by atoms with Crippen molar-refractivity contribution in [1.82, 2.24) is 10.2 Å². The predicted octanol–water partition coefficient (Wildman–Crippen LogP) is 3.10. The van der Waals surface area contributed by atoms with Gasteiger partial charge in [-0.25, -0.2) is 4.79 Å². The summed E-state index contributed by atoms with van der Waals surface area (Å²) < 4.78 is 5.50. The molecule has 5 nitrogen and oxygen atoms in total. The van der Waals surface area contributed by atoms with Gasteiger partial charge in [-0.3, -0.25) is 0 Å². The summed E-state index contributed by atoms with van der Waals surface area (Å²) in [6.45, 7) is 5.86. The Morgan fingerprint density at radius 2 is 2.12 bits per heavy atom. The summed E-state index contributed by atoms with van der Waals surface area (Å²) in [5, 5.41) is 13.6. The van der Waals surface area contributed by atoms with Crippen molar-refractivity contribution in [1.29, 1.82) is 0 Å². The van der Waals surface area contributed by atoms with Crippen LogP contribution in [0.3, 0.4) is 0 Å². The number of rotatable bonds is 5. The Balaban J connectivity index is 1.71. The Bertz CT molecular complexity index is 564. The molecule has 2 amide bonds. The lowest BCUT2D eigenvalue weighted by Crippen LogP contribution is -2.52. The van der Waals surface area contributed by atoms with Gasteiger partial charge in [-0.1, -0.05) is 30.3 Å². The molecule has 0 spiro atoms. The van der Waals surface area contributed by atoms with E-state index in [-0.39, 0.29) is 18.1 Å². The third-order valence-corrected chi connectivity index (χ3v) is 5.42. The molecule has 0 aromatic heterocycles. The molecule has 138 valence electrons. The van der Waals surface area contributed by atoms with Gasteiger partial charge in [-0.2, -0.15) is 0 Å². The van der Waals surface area contributed by atoms with Gasteiger partial charge in [0.25, 0.3) is 0 Å². The van der Waals surface area contributed by atoms with Crippen LogP contribution < -0.4 is 5.32 Å². The molecule has 25 heavy (non-hydrogen) atoms. The largest absolute Gasteiger partial charge is 0.388 e. The van der Waals surface area contributed by atoms with Gasteiger partial charge >= 0.3 is 6.03 Å². The number of likely N-dealkylation sites (tertiary alicyclic amines) is 1. The summed E-state index contributed by atoms with van der Waals surface area (Å²) in [5.74, 6) is 0.481. The first kappa shape index (κ1) is 18.2. The van der Waals surface area contributed by atoms with Gasteiger partial charge in [-0.15, -0.1) is 0 Å². The molecule has 0 saturated carbocycles. The maximum absolute atomic E-state index is 12.9. The quantitative estimate of drug-likeness (QED) is 0.861. The van der Waals surface area contributed by atoms with E-state index in [1.165, 1.54) is 0 Å². The van der Waals surface area contributed by atoms with Crippen LogP contribution in [0, 0.1) is 5.92 Å². The molecule has 0 aliphatic carbocycles. The molecule has 2 fully saturated rings.